The lowest BCUT2D eigenvalue weighted by atomic mass is 9.88. The number of rotatable bonds is 43. The number of carbonyl (C=O) groups is 3. The van der Waals surface area contributed by atoms with Crippen molar-refractivity contribution in [1.29, 1.82) is 0 Å². The Kier molecular flexibility index (Phi) is 37.0. The SMILES string of the molecule is CCCCCCCC/C=C\CCCCCCCCCCCCCC(=O)OC[C@H](COP(=O)(O)OCCN)OC(=O)CCCCCC[C@H]1C(=O)C[C@@H](O)[C@@H]1/C=C/[C@@H](O)CCCCC. The van der Waals surface area contributed by atoms with E-state index in [2.05, 4.69) is 26.0 Å². The van der Waals surface area contributed by atoms with E-state index >= 15 is 0 Å². The number of unbranched alkanes of at least 4 members (excludes halogenated alkanes) is 22. The van der Waals surface area contributed by atoms with Crippen molar-refractivity contribution in [3.8, 4) is 0 Å². The summed E-state index contributed by atoms with van der Waals surface area (Å²) in [5.41, 5.74) is 5.36. The van der Waals surface area contributed by atoms with Crippen molar-refractivity contribution in [3.63, 3.8) is 0 Å². The zero-order chi connectivity index (χ0) is 45.5. The molecule has 0 heterocycles. The average molecular weight is 900 g/mol. The second kappa shape index (κ2) is 39.4. The van der Waals surface area contributed by atoms with Crippen LogP contribution in [0.5, 0.6) is 0 Å². The van der Waals surface area contributed by atoms with Crippen LogP contribution in [0.3, 0.4) is 0 Å². The fourth-order valence-corrected chi connectivity index (χ4v) is 8.70. The Balaban J connectivity index is 2.28. The van der Waals surface area contributed by atoms with Gasteiger partial charge in [0.05, 0.1) is 25.4 Å². The van der Waals surface area contributed by atoms with Gasteiger partial charge in [-0.05, 0) is 51.4 Å². The molecule has 362 valence electrons. The Morgan fingerprint density at radius 1 is 0.726 bits per heavy atom. The highest BCUT2D eigenvalue weighted by atomic mass is 31.2. The van der Waals surface area contributed by atoms with Crippen molar-refractivity contribution >= 4 is 25.5 Å². The predicted molar refractivity (Wildman–Crippen MR) is 248 cm³/mol. The number of hydrogen-bond donors (Lipinski definition) is 4. The largest absolute Gasteiger partial charge is 0.472 e. The topological polar surface area (TPSA) is 192 Å². The van der Waals surface area contributed by atoms with E-state index in [1.165, 1.54) is 96.3 Å². The highest BCUT2D eigenvalue weighted by molar-refractivity contribution is 7.47. The Labute approximate surface area is 376 Å². The van der Waals surface area contributed by atoms with Crippen LogP contribution in [0.15, 0.2) is 24.3 Å². The molecule has 0 spiro atoms. The minimum Gasteiger partial charge on any atom is -0.462 e. The number of allylic oxidation sites excluding steroid dienone is 2. The first-order valence-electron chi connectivity index (χ1n) is 24.9. The van der Waals surface area contributed by atoms with Crippen molar-refractivity contribution in [2.24, 2.45) is 17.6 Å². The van der Waals surface area contributed by atoms with Crippen molar-refractivity contribution in [2.45, 2.75) is 231 Å². The molecule has 0 amide bonds. The maximum Gasteiger partial charge on any atom is 0.472 e. The molecule has 1 aliphatic rings. The molecule has 0 aliphatic heterocycles. The van der Waals surface area contributed by atoms with E-state index in [1.54, 1.807) is 6.08 Å². The van der Waals surface area contributed by atoms with Crippen LogP contribution in [0.4, 0.5) is 0 Å². The van der Waals surface area contributed by atoms with Crippen molar-refractivity contribution in [3.05, 3.63) is 24.3 Å². The third-order valence-corrected chi connectivity index (χ3v) is 12.7. The van der Waals surface area contributed by atoms with Gasteiger partial charge < -0.3 is 30.3 Å². The maximum atomic E-state index is 12.7. The van der Waals surface area contributed by atoms with Crippen LogP contribution in [0.1, 0.15) is 213 Å². The number of Topliss-reactive ketones (excluding diaryl/α,β-unsaturated/α-hetero) is 1. The lowest BCUT2D eigenvalue weighted by molar-refractivity contribution is -0.161. The Hall–Kier alpha value is -1.92. The summed E-state index contributed by atoms with van der Waals surface area (Å²) >= 11 is 0. The Morgan fingerprint density at radius 2 is 1.24 bits per heavy atom. The van der Waals surface area contributed by atoms with Gasteiger partial charge >= 0.3 is 19.8 Å². The smallest absolute Gasteiger partial charge is 0.462 e. The fourth-order valence-electron chi connectivity index (χ4n) is 7.94. The van der Waals surface area contributed by atoms with Gasteiger partial charge in [-0.25, -0.2) is 4.57 Å². The van der Waals surface area contributed by atoms with Gasteiger partial charge in [-0.15, -0.1) is 0 Å². The van der Waals surface area contributed by atoms with E-state index in [-0.39, 0.29) is 56.6 Å². The first-order valence-corrected chi connectivity index (χ1v) is 26.4. The number of aliphatic hydroxyl groups excluding tert-OH is 2. The van der Waals surface area contributed by atoms with Gasteiger partial charge in [-0.3, -0.25) is 23.4 Å². The highest BCUT2D eigenvalue weighted by Crippen LogP contribution is 2.43. The summed E-state index contributed by atoms with van der Waals surface area (Å²) < 4.78 is 32.9. The number of phosphoric ester groups is 1. The minimum absolute atomic E-state index is 0.0155. The fraction of sp³-hybridized carbons (Fsp3) is 0.857. The molecule has 0 saturated heterocycles. The summed E-state index contributed by atoms with van der Waals surface area (Å²) in [5.74, 6) is -1.53. The molecule has 62 heavy (non-hydrogen) atoms. The summed E-state index contributed by atoms with van der Waals surface area (Å²) in [6.45, 7) is 3.38. The molecule has 0 aromatic carbocycles. The number of ether oxygens (including phenoxy) is 2. The summed E-state index contributed by atoms with van der Waals surface area (Å²) in [6, 6.07) is 0. The maximum absolute atomic E-state index is 12.7. The van der Waals surface area contributed by atoms with E-state index in [9.17, 15) is 34.1 Å². The molecule has 12 nitrogen and oxygen atoms in total. The number of nitrogens with two attached hydrogens (primary N) is 1. The first kappa shape index (κ1) is 58.1. The monoisotopic (exact) mass is 900 g/mol. The molecule has 0 radical (unpaired) electrons. The number of ketones is 1. The lowest BCUT2D eigenvalue weighted by Gasteiger charge is -2.20. The third kappa shape index (κ3) is 32.7. The molecule has 6 atom stereocenters. The molecular formula is C49H90NO11P. The molecule has 1 rings (SSSR count). The second-order valence-electron chi connectivity index (χ2n) is 17.5. The third-order valence-electron chi connectivity index (χ3n) is 11.7. The van der Waals surface area contributed by atoms with Crippen LogP contribution in [-0.2, 0) is 37.5 Å². The van der Waals surface area contributed by atoms with Crippen molar-refractivity contribution in [1.82, 2.24) is 0 Å². The van der Waals surface area contributed by atoms with Gasteiger partial charge in [0.25, 0.3) is 0 Å². The van der Waals surface area contributed by atoms with Crippen LogP contribution in [0, 0.1) is 11.8 Å². The molecule has 0 bridgehead atoms. The van der Waals surface area contributed by atoms with Gasteiger partial charge in [-0.1, -0.05) is 167 Å². The quantitative estimate of drug-likeness (QED) is 0.0196. The van der Waals surface area contributed by atoms with Gasteiger partial charge in [0.2, 0.25) is 0 Å². The molecule has 1 saturated carbocycles. The lowest BCUT2D eigenvalue weighted by Crippen LogP contribution is -2.29. The summed E-state index contributed by atoms with van der Waals surface area (Å²) in [5, 5.41) is 20.7. The number of hydrogen-bond acceptors (Lipinski definition) is 11. The second-order valence-corrected chi connectivity index (χ2v) is 18.9. The van der Waals surface area contributed by atoms with Crippen LogP contribution < -0.4 is 5.73 Å². The van der Waals surface area contributed by atoms with Crippen molar-refractivity contribution in [2.75, 3.05) is 26.4 Å². The van der Waals surface area contributed by atoms with Gasteiger partial charge in [0.15, 0.2) is 6.10 Å². The van der Waals surface area contributed by atoms with Crippen LogP contribution in [0.25, 0.3) is 0 Å². The van der Waals surface area contributed by atoms with Gasteiger partial charge in [0, 0.05) is 37.6 Å². The highest BCUT2D eigenvalue weighted by Gasteiger charge is 2.39. The van der Waals surface area contributed by atoms with Gasteiger partial charge in [0.1, 0.15) is 12.4 Å². The molecule has 5 N–H and O–H groups in total. The molecule has 0 aromatic rings. The molecule has 1 aliphatic carbocycles. The molecule has 1 fully saturated rings. The van der Waals surface area contributed by atoms with Crippen molar-refractivity contribution < 1.29 is 52.6 Å². The number of aliphatic hydroxyl groups is 2. The number of carbonyl (C=O) groups excluding carboxylic acids is 3. The number of phosphoric acid groups is 1. The molecular weight excluding hydrogens is 810 g/mol. The molecule has 13 heteroatoms. The van der Waals surface area contributed by atoms with E-state index in [0.29, 0.717) is 32.1 Å². The van der Waals surface area contributed by atoms with Crippen LogP contribution in [-0.4, -0.2) is 77.5 Å². The molecule has 1 unspecified atom stereocenters. The minimum atomic E-state index is -4.45. The average Bonchev–Trinajstić information content (AvgIpc) is 3.52. The van der Waals surface area contributed by atoms with E-state index in [1.807, 2.05) is 6.08 Å². The van der Waals surface area contributed by atoms with Gasteiger partial charge in [-0.2, -0.15) is 0 Å². The van der Waals surface area contributed by atoms with E-state index < -0.39 is 44.7 Å². The Bertz CT molecular complexity index is 1230. The van der Waals surface area contributed by atoms with Crippen LogP contribution >= 0.6 is 7.82 Å². The van der Waals surface area contributed by atoms with E-state index in [4.69, 9.17) is 24.3 Å². The van der Waals surface area contributed by atoms with E-state index in [0.717, 1.165) is 51.4 Å². The summed E-state index contributed by atoms with van der Waals surface area (Å²) in [7, 11) is -4.45. The number of esters is 2. The standard InChI is InChI=1S/C49H90NO11P/c1-3-5-7-8-9-10-11-12-13-14-15-16-17-18-19-20-21-22-23-24-29-33-48(54)58-40-43(41-60-62(56,57)59-38-37-50)61-49(55)34-30-26-25-28-32-44-45(47(53)39-46(44)52)36-35-42(51)31-27-6-4-2/h12-13,35-36,42-45,47,51,53H,3-11,14-34,37-41,50H2,1-2H3,(H,56,57)/b13-12-,36-35+/t42-,43+,44+,45+,47+/m0/s1. The summed E-state index contributed by atoms with van der Waals surface area (Å²) in [6.07, 6.45) is 36.8. The predicted octanol–water partition coefficient (Wildman–Crippen LogP) is 11.3. The zero-order valence-corrected chi connectivity index (χ0v) is 40.0. The normalized spacial score (nSPS) is 18.7. The first-order chi connectivity index (χ1) is 30.0. The molecule has 0 aromatic heterocycles. The zero-order valence-electron chi connectivity index (χ0n) is 39.1. The Morgan fingerprint density at radius 3 is 1.82 bits per heavy atom. The van der Waals surface area contributed by atoms with Crippen LogP contribution in [0.2, 0.25) is 0 Å². The summed E-state index contributed by atoms with van der Waals surface area (Å²) in [4.78, 5) is 47.8.